The van der Waals surface area contributed by atoms with E-state index in [4.69, 9.17) is 0 Å². The Hall–Kier alpha value is -3.18. The minimum Gasteiger partial charge on any atom is -0.872 e. The first-order chi connectivity index (χ1) is 15.2. The molecule has 32 heavy (non-hydrogen) atoms. The van der Waals surface area contributed by atoms with Crippen molar-refractivity contribution in [1.82, 2.24) is 14.8 Å². The van der Waals surface area contributed by atoms with Crippen molar-refractivity contribution >= 4 is 44.9 Å². The summed E-state index contributed by atoms with van der Waals surface area (Å²) in [5, 5.41) is 33.1. The van der Waals surface area contributed by atoms with Crippen molar-refractivity contribution in [3.8, 4) is 5.75 Å². The molecule has 1 aliphatic heterocycles. The van der Waals surface area contributed by atoms with Crippen LogP contribution in [0.5, 0.6) is 5.75 Å². The van der Waals surface area contributed by atoms with Gasteiger partial charge in [-0.15, -0.1) is 11.0 Å². The first kappa shape index (κ1) is 22.0. The van der Waals surface area contributed by atoms with Gasteiger partial charge in [-0.05, 0) is 46.4 Å². The molecule has 0 saturated heterocycles. The monoisotopic (exact) mass is 439 g/mol. The lowest BCUT2D eigenvalue weighted by Gasteiger charge is -2.39. The molecular weight excluding hydrogens is 412 g/mol. The van der Waals surface area contributed by atoms with E-state index in [2.05, 4.69) is 4.98 Å². The first-order valence-electron chi connectivity index (χ1n) is 10.3. The molecule has 2 aromatic carbocycles. The number of carbonyl (C=O) groups is 1. The third-order valence-electron chi connectivity index (χ3n) is 5.61. The predicted molar refractivity (Wildman–Crippen MR) is 122 cm³/mol. The number of fused-ring (bicyclic) bond motifs is 2. The van der Waals surface area contributed by atoms with Gasteiger partial charge < -0.3 is 14.9 Å². The Labute approximate surface area is 186 Å². The van der Waals surface area contributed by atoms with E-state index in [1.807, 2.05) is 38.0 Å². The smallest absolute Gasteiger partial charge is 0.329 e. The summed E-state index contributed by atoms with van der Waals surface area (Å²) < 4.78 is 0. The number of benzene rings is 2. The molecule has 10 nitrogen and oxygen atoms in total. The lowest BCUT2D eigenvalue weighted by atomic mass is 10.0. The fourth-order valence-electron chi connectivity index (χ4n) is 4.01. The third kappa shape index (κ3) is 3.78. The number of rotatable bonds is 7. The van der Waals surface area contributed by atoms with E-state index in [9.17, 15) is 20.3 Å². The van der Waals surface area contributed by atoms with E-state index in [0.717, 1.165) is 0 Å². The fourth-order valence-corrected chi connectivity index (χ4v) is 4.01. The summed E-state index contributed by atoms with van der Waals surface area (Å²) in [6.45, 7) is 2.09. The van der Waals surface area contributed by atoms with Crippen molar-refractivity contribution in [3.63, 3.8) is 0 Å². The Balaban J connectivity index is 2.07. The molecule has 1 aromatic heterocycles. The molecule has 0 spiro atoms. The molecule has 2 N–H and O–H groups in total. The van der Waals surface area contributed by atoms with Gasteiger partial charge in [0.2, 0.25) is 0 Å². The van der Waals surface area contributed by atoms with Crippen LogP contribution in [0.3, 0.4) is 0 Å². The van der Waals surface area contributed by atoms with Crippen LogP contribution in [-0.2, 0) is 0 Å². The van der Waals surface area contributed by atoms with E-state index in [1.54, 1.807) is 21.9 Å². The molecule has 10 heteroatoms. The Bertz CT molecular complexity index is 1180. The number of nitrogens with zero attached hydrogens (tertiary/aromatic N) is 6. The highest BCUT2D eigenvalue weighted by atomic mass is 16.8. The minimum absolute atomic E-state index is 0.0362. The molecule has 2 heterocycles. The molecule has 0 fully saturated rings. The first-order valence-corrected chi connectivity index (χ1v) is 10.3. The van der Waals surface area contributed by atoms with Crippen LogP contribution >= 0.6 is 0 Å². The molecule has 3 aromatic rings. The summed E-state index contributed by atoms with van der Waals surface area (Å²) in [6.07, 6.45) is 0. The van der Waals surface area contributed by atoms with Gasteiger partial charge in [0.05, 0.1) is 22.3 Å². The molecular formula is C22H27N6O4-. The molecule has 1 aliphatic rings. The molecule has 0 bridgehead atoms. The van der Waals surface area contributed by atoms with Gasteiger partial charge in [0, 0.05) is 31.6 Å². The van der Waals surface area contributed by atoms with Crippen LogP contribution in [0, 0.1) is 0 Å². The Morgan fingerprint density at radius 1 is 0.969 bits per heavy atom. The van der Waals surface area contributed by atoms with E-state index in [1.165, 1.54) is 18.2 Å². The van der Waals surface area contributed by atoms with Crippen LogP contribution in [0.2, 0.25) is 0 Å². The zero-order valence-corrected chi connectivity index (χ0v) is 18.6. The number of aromatic nitrogens is 1. The Kier molecular flexibility index (Phi) is 5.78. The van der Waals surface area contributed by atoms with Gasteiger partial charge >= 0.3 is 6.03 Å². The number of pyridine rings is 1. The molecule has 2 amide bonds. The van der Waals surface area contributed by atoms with Gasteiger partial charge in [0.1, 0.15) is 11.2 Å². The number of anilines is 3. The highest BCUT2D eigenvalue weighted by molar-refractivity contribution is 6.26. The number of amides is 2. The number of carbonyl (C=O) groups excluding carboxylic acids is 1. The van der Waals surface area contributed by atoms with E-state index >= 15 is 0 Å². The van der Waals surface area contributed by atoms with Gasteiger partial charge in [-0.25, -0.2) is 9.78 Å². The van der Waals surface area contributed by atoms with Gasteiger partial charge in [-0.3, -0.25) is 20.2 Å². The molecule has 0 saturated carbocycles. The zero-order valence-electron chi connectivity index (χ0n) is 18.6. The molecule has 0 radical (unpaired) electrons. The maximum atomic E-state index is 13.7. The molecule has 170 valence electrons. The van der Waals surface area contributed by atoms with Crippen LogP contribution < -0.4 is 20.1 Å². The van der Waals surface area contributed by atoms with Gasteiger partial charge in [-0.2, -0.15) is 0 Å². The highest BCUT2D eigenvalue weighted by Gasteiger charge is 2.35. The largest absolute Gasteiger partial charge is 0.872 e. The number of urea groups is 1. The second kappa shape index (κ2) is 8.40. The van der Waals surface area contributed by atoms with Gasteiger partial charge in [0.15, 0.2) is 0 Å². The van der Waals surface area contributed by atoms with Gasteiger partial charge in [0.25, 0.3) is 0 Å². The molecule has 0 aliphatic carbocycles. The maximum Gasteiger partial charge on any atom is 0.329 e. The summed E-state index contributed by atoms with van der Waals surface area (Å²) in [4.78, 5) is 25.7. The third-order valence-corrected chi connectivity index (χ3v) is 5.61. The minimum atomic E-state index is -0.191. The normalized spacial score (nSPS) is 13.8. The summed E-state index contributed by atoms with van der Waals surface area (Å²) in [5.74, 6) is -0.186. The lowest BCUT2D eigenvalue weighted by Crippen LogP contribution is -2.50. The maximum absolute atomic E-state index is 13.7. The zero-order chi connectivity index (χ0) is 23.2. The quantitative estimate of drug-likeness (QED) is 0.424. The average molecular weight is 439 g/mol. The van der Waals surface area contributed by atoms with Crippen molar-refractivity contribution in [3.05, 3.63) is 30.3 Å². The summed E-state index contributed by atoms with van der Waals surface area (Å²) >= 11 is 0. The van der Waals surface area contributed by atoms with Crippen molar-refractivity contribution in [2.75, 3.05) is 69.4 Å². The van der Waals surface area contributed by atoms with E-state index < -0.39 is 0 Å². The van der Waals surface area contributed by atoms with Gasteiger partial charge in [-0.1, -0.05) is 12.1 Å². The van der Waals surface area contributed by atoms with Crippen LogP contribution in [-0.4, -0.2) is 85.6 Å². The predicted octanol–water partition coefficient (Wildman–Crippen LogP) is 1.92. The van der Waals surface area contributed by atoms with Crippen molar-refractivity contribution in [1.29, 1.82) is 0 Å². The topological polar surface area (TPSA) is 110 Å². The summed E-state index contributed by atoms with van der Waals surface area (Å²) in [7, 11) is 7.72. The lowest BCUT2D eigenvalue weighted by molar-refractivity contribution is -0.268. The van der Waals surface area contributed by atoms with Crippen LogP contribution in [0.4, 0.5) is 21.9 Å². The summed E-state index contributed by atoms with van der Waals surface area (Å²) in [5.41, 5.74) is 2.11. The Morgan fingerprint density at radius 2 is 1.62 bits per heavy atom. The van der Waals surface area contributed by atoms with Crippen molar-refractivity contribution in [2.24, 2.45) is 0 Å². The van der Waals surface area contributed by atoms with Crippen LogP contribution in [0.15, 0.2) is 30.3 Å². The molecule has 0 unspecified atom stereocenters. The number of hydrogen-bond donors (Lipinski definition) is 2. The summed E-state index contributed by atoms with van der Waals surface area (Å²) in [6, 6.07) is 7.50. The van der Waals surface area contributed by atoms with Crippen molar-refractivity contribution in [2.45, 2.75) is 0 Å². The standard InChI is InChI=1S/C22H28N6O4/c1-24(2)9-11-26-17-7-8-18(28(31)32)20-19(17)21(27(22(26)30)12-10-25(3)4)15-13-14(29)5-6-16(15)23-20/h5-8,13,29,31-32H,9-12H2,1-4H3/p-1. The second-order valence-electron chi connectivity index (χ2n) is 8.45. The fraction of sp³-hybridized carbons (Fsp3) is 0.364. The Morgan fingerprint density at radius 3 is 2.25 bits per heavy atom. The number of hydrogen-bond acceptors (Lipinski definition) is 8. The van der Waals surface area contributed by atoms with E-state index in [0.29, 0.717) is 59.4 Å². The van der Waals surface area contributed by atoms with Crippen molar-refractivity contribution < 1.29 is 20.3 Å². The number of likely N-dealkylation sites (N-methyl/N-ethyl adjacent to an activating group) is 2. The average Bonchev–Trinajstić information content (AvgIpc) is 2.72. The highest BCUT2D eigenvalue weighted by Crippen LogP contribution is 2.46. The second-order valence-corrected chi connectivity index (χ2v) is 8.45. The SMILES string of the molecule is CN(C)CCN1C(=O)N(CCN(C)C)c2c3cc([O-])ccc3nc3c(N(O)O)ccc1c23. The van der Waals surface area contributed by atoms with Crippen LogP contribution in [0.25, 0.3) is 21.8 Å². The molecule has 0 atom stereocenters. The van der Waals surface area contributed by atoms with Crippen LogP contribution in [0.1, 0.15) is 0 Å². The molecule has 4 rings (SSSR count). The van der Waals surface area contributed by atoms with E-state index in [-0.39, 0.29) is 22.7 Å².